The third-order valence-corrected chi connectivity index (χ3v) is 7.23. The number of amides is 1. The van der Waals surface area contributed by atoms with Gasteiger partial charge in [0.05, 0.1) is 5.69 Å². The average Bonchev–Trinajstić information content (AvgIpc) is 3.34. The minimum Gasteiger partial charge on any atom is -0.444 e. The summed E-state index contributed by atoms with van der Waals surface area (Å²) >= 11 is 0. The molecule has 6 rings (SSSR count). The Morgan fingerprint density at radius 1 is 1.22 bits per heavy atom. The van der Waals surface area contributed by atoms with Gasteiger partial charge >= 0.3 is 6.09 Å². The second-order valence-electron chi connectivity index (χ2n) is 9.44. The molecule has 0 saturated heterocycles. The molecule has 2 aromatic heterocycles. The van der Waals surface area contributed by atoms with Crippen LogP contribution in [-0.4, -0.2) is 28.2 Å². The first kappa shape index (κ1) is 16.4. The van der Waals surface area contributed by atoms with Gasteiger partial charge < -0.3 is 9.26 Å². The highest BCUT2D eigenvalue weighted by Gasteiger charge is 2.43. The Bertz CT molecular complexity index is 1290. The lowest BCUT2D eigenvalue weighted by atomic mass is 9.83. The van der Waals surface area contributed by atoms with Crippen molar-refractivity contribution in [2.45, 2.75) is 62.9 Å². The first-order chi connectivity index (χ1) is 16.7. The van der Waals surface area contributed by atoms with Gasteiger partial charge in [-0.15, -0.1) is 0 Å². The van der Waals surface area contributed by atoms with Crippen molar-refractivity contribution in [3.63, 3.8) is 0 Å². The highest BCUT2D eigenvalue weighted by molar-refractivity contribution is 5.90. The third-order valence-electron chi connectivity index (χ3n) is 7.23. The van der Waals surface area contributed by atoms with E-state index in [1.165, 1.54) is 17.5 Å². The molecule has 3 heterocycles. The first-order valence-corrected chi connectivity index (χ1v) is 11.1. The molecule has 2 aliphatic carbocycles. The summed E-state index contributed by atoms with van der Waals surface area (Å²) in [6.45, 7) is -0.371. The van der Waals surface area contributed by atoms with Crippen LogP contribution < -0.4 is 4.90 Å². The van der Waals surface area contributed by atoms with Crippen LogP contribution >= 0.6 is 0 Å². The molecule has 0 spiro atoms. The van der Waals surface area contributed by atoms with E-state index in [4.69, 9.17) is 13.4 Å². The molecule has 0 radical (unpaired) electrons. The van der Waals surface area contributed by atoms with Gasteiger partial charge in [-0.25, -0.2) is 4.79 Å². The minimum absolute atomic E-state index is 0.0473. The first-order valence-electron chi connectivity index (χ1n) is 12.6. The Labute approximate surface area is 191 Å². The van der Waals surface area contributed by atoms with E-state index < -0.39 is 13.1 Å². The van der Waals surface area contributed by atoms with Crippen molar-refractivity contribution in [1.29, 1.82) is 0 Å². The predicted molar refractivity (Wildman–Crippen MR) is 118 cm³/mol. The van der Waals surface area contributed by atoms with Crippen LogP contribution in [0.1, 0.15) is 77.6 Å². The van der Waals surface area contributed by atoms with E-state index in [1.54, 1.807) is 6.07 Å². The molecule has 0 bridgehead atoms. The Morgan fingerprint density at radius 2 is 2.12 bits per heavy atom. The fraction of sp³-hybridized carbons (Fsp3) is 0.440. The summed E-state index contributed by atoms with van der Waals surface area (Å²) in [5.74, 6) is 1.53. The largest absolute Gasteiger partial charge is 0.444 e. The summed E-state index contributed by atoms with van der Waals surface area (Å²) in [4.78, 5) is 21.9. The van der Waals surface area contributed by atoms with Crippen LogP contribution in [0.2, 0.25) is 0 Å². The molecule has 0 N–H and O–H groups in total. The predicted octanol–water partition coefficient (Wildman–Crippen LogP) is 5.32. The summed E-state index contributed by atoms with van der Waals surface area (Å²) in [7, 11) is 0. The molecule has 3 aliphatic rings. The van der Waals surface area contributed by atoms with Crippen LogP contribution in [0, 0.1) is 0 Å². The number of rotatable bonds is 4. The number of pyridine rings is 1. The Balaban J connectivity index is 1.38. The Hall–Kier alpha value is -3.22. The monoisotopic (exact) mass is 433 g/mol. The topological polar surface area (TPSA) is 81.4 Å². The quantitative estimate of drug-likeness (QED) is 0.554. The second-order valence-corrected chi connectivity index (χ2v) is 9.44. The fourth-order valence-electron chi connectivity index (χ4n) is 5.40. The van der Waals surface area contributed by atoms with E-state index >= 15 is 0 Å². The maximum Gasteiger partial charge on any atom is 0.414 e. The number of hydrogen-bond donors (Lipinski definition) is 0. The fourth-order valence-corrected chi connectivity index (χ4v) is 5.40. The standard InChI is InChI=1S/C25H26N4O3/c1-25(23-27-14-28-32-23)8-7-17(10-25)20-12-26-11-19(22(20)15-3-4-15)16-5-6-21-18(9-16)13-31-24(30)29(21)2/h5-6,9,11-12,14-15,17H,3-4,7-8,10,13H2,1-2H3/t17-,25-/m1/s1/i2D3. The van der Waals surface area contributed by atoms with Crippen LogP contribution in [0.3, 0.4) is 0 Å². The molecule has 2 saturated carbocycles. The van der Waals surface area contributed by atoms with Gasteiger partial charge in [0.1, 0.15) is 6.61 Å². The van der Waals surface area contributed by atoms with E-state index in [9.17, 15) is 4.79 Å². The number of nitrogens with zero attached hydrogens (tertiary/aromatic N) is 4. The van der Waals surface area contributed by atoms with Gasteiger partial charge in [-0.1, -0.05) is 18.1 Å². The van der Waals surface area contributed by atoms with Crippen molar-refractivity contribution >= 4 is 11.8 Å². The van der Waals surface area contributed by atoms with Crippen molar-refractivity contribution < 1.29 is 18.2 Å². The number of hydrogen-bond acceptors (Lipinski definition) is 6. The lowest BCUT2D eigenvalue weighted by Crippen LogP contribution is -2.31. The Morgan fingerprint density at radius 3 is 2.91 bits per heavy atom. The number of fused-ring (bicyclic) bond motifs is 1. The molecule has 7 nitrogen and oxygen atoms in total. The maximum absolute atomic E-state index is 12.2. The molecule has 1 aliphatic heterocycles. The van der Waals surface area contributed by atoms with E-state index in [2.05, 4.69) is 22.0 Å². The maximum atomic E-state index is 12.2. The molecule has 1 amide bonds. The number of ether oxygens (including phenoxy) is 1. The number of carbonyl (C=O) groups excluding carboxylic acids is 1. The second kappa shape index (κ2) is 7.15. The van der Waals surface area contributed by atoms with Crippen LogP contribution in [0.15, 0.2) is 41.4 Å². The molecule has 2 atom stereocenters. The van der Waals surface area contributed by atoms with Gasteiger partial charge in [-0.3, -0.25) is 9.88 Å². The van der Waals surface area contributed by atoms with Crippen LogP contribution in [-0.2, 0) is 16.8 Å². The van der Waals surface area contributed by atoms with E-state index in [1.807, 2.05) is 24.5 Å². The van der Waals surface area contributed by atoms with Crippen molar-refractivity contribution in [3.05, 3.63) is 59.5 Å². The lowest BCUT2D eigenvalue weighted by Gasteiger charge is -2.26. The van der Waals surface area contributed by atoms with Crippen LogP contribution in [0.4, 0.5) is 10.5 Å². The van der Waals surface area contributed by atoms with Crippen molar-refractivity contribution in [1.82, 2.24) is 15.1 Å². The van der Waals surface area contributed by atoms with Crippen molar-refractivity contribution in [2.75, 3.05) is 11.9 Å². The van der Waals surface area contributed by atoms with E-state index in [0.29, 0.717) is 29.0 Å². The molecule has 1 aromatic carbocycles. The zero-order valence-electron chi connectivity index (χ0n) is 20.9. The van der Waals surface area contributed by atoms with Gasteiger partial charge in [0, 0.05) is 40.0 Å². The summed E-state index contributed by atoms with van der Waals surface area (Å²) < 4.78 is 33.8. The van der Waals surface area contributed by atoms with Crippen molar-refractivity contribution in [2.24, 2.45) is 0 Å². The molecular formula is C25H26N4O3. The lowest BCUT2D eigenvalue weighted by molar-refractivity contribution is 0.143. The zero-order valence-corrected chi connectivity index (χ0v) is 17.9. The van der Waals surface area contributed by atoms with Gasteiger partial charge in [-0.05, 0) is 72.8 Å². The summed E-state index contributed by atoms with van der Waals surface area (Å²) in [6.07, 6.45) is 9.75. The molecular weight excluding hydrogens is 404 g/mol. The number of carbonyl (C=O) groups is 1. The normalized spacial score (nSPS) is 26.8. The highest BCUT2D eigenvalue weighted by atomic mass is 16.6. The molecule has 32 heavy (non-hydrogen) atoms. The van der Waals surface area contributed by atoms with Gasteiger partial charge in [0.25, 0.3) is 0 Å². The highest BCUT2D eigenvalue weighted by Crippen LogP contribution is 2.53. The van der Waals surface area contributed by atoms with Gasteiger partial charge in [-0.2, -0.15) is 4.98 Å². The summed E-state index contributed by atoms with van der Waals surface area (Å²) in [6, 6.07) is 5.54. The molecule has 2 fully saturated rings. The molecule has 164 valence electrons. The average molecular weight is 434 g/mol. The van der Waals surface area contributed by atoms with E-state index in [0.717, 1.165) is 48.1 Å². The van der Waals surface area contributed by atoms with Crippen LogP contribution in [0.5, 0.6) is 0 Å². The smallest absolute Gasteiger partial charge is 0.414 e. The summed E-state index contributed by atoms with van der Waals surface area (Å²) in [5, 5.41) is 3.81. The molecule has 0 unspecified atom stereocenters. The number of benzene rings is 1. The number of cyclic esters (lactones) is 1. The SMILES string of the molecule is [2H]C([2H])([2H])N1C(=O)OCc2cc(-c3cncc([C@@H]4CC[C@@](C)(c5ncno5)C4)c3C3CC3)ccc21. The van der Waals surface area contributed by atoms with Crippen LogP contribution in [0.25, 0.3) is 11.1 Å². The number of anilines is 1. The number of aromatic nitrogens is 3. The van der Waals surface area contributed by atoms with Gasteiger partial charge in [0.15, 0.2) is 6.33 Å². The van der Waals surface area contributed by atoms with Gasteiger partial charge in [0.2, 0.25) is 5.89 Å². The summed E-state index contributed by atoms with van der Waals surface area (Å²) in [5.41, 5.74) is 5.54. The third kappa shape index (κ3) is 3.10. The zero-order chi connectivity index (χ0) is 24.4. The molecule has 7 heteroatoms. The Kier molecular flexibility index (Phi) is 3.67. The molecule has 3 aromatic rings. The minimum atomic E-state index is -2.61. The van der Waals surface area contributed by atoms with E-state index in [-0.39, 0.29) is 12.0 Å². The van der Waals surface area contributed by atoms with Crippen molar-refractivity contribution in [3.8, 4) is 11.1 Å².